The van der Waals surface area contributed by atoms with E-state index < -0.39 is 104 Å². The van der Waals surface area contributed by atoms with Gasteiger partial charge < -0.3 is 59.6 Å². The second kappa shape index (κ2) is 17.0. The van der Waals surface area contributed by atoms with E-state index in [1.165, 1.54) is 6.92 Å². The second-order valence-corrected chi connectivity index (χ2v) is 13.4. The molecule has 2 heterocycles. The van der Waals surface area contributed by atoms with Gasteiger partial charge in [-0.3, -0.25) is 4.79 Å². The maximum atomic E-state index is 13.6. The average molecular weight is 702 g/mol. The van der Waals surface area contributed by atoms with Crippen LogP contribution < -0.4 is 5.32 Å². The van der Waals surface area contributed by atoms with E-state index in [9.17, 15) is 53.4 Å². The normalized spacial score (nSPS) is 40.7. The molecular formula is C31H50F3NO13. The summed E-state index contributed by atoms with van der Waals surface area (Å²) in [7, 11) is 0. The fourth-order valence-electron chi connectivity index (χ4n) is 7.42. The van der Waals surface area contributed by atoms with Gasteiger partial charge in [0.25, 0.3) is 0 Å². The minimum absolute atomic E-state index is 0.0804. The fraction of sp³-hybridized carbons (Fsp3) is 0.935. The SMILES string of the molecule is CCC1CCC[C@@H](O[C@@H]2OC(CO)[C@H](O)C(O[C@@H](CC3CCCCC3)C(=O)O)C2NC(C)=O)C1OC1O[C@@H](C(F)(F)F)C(O)C(O)[C@@H]1O. The van der Waals surface area contributed by atoms with E-state index in [4.69, 9.17) is 23.7 Å². The van der Waals surface area contributed by atoms with Crippen LogP contribution in [0, 0.1) is 11.8 Å². The molecule has 0 bridgehead atoms. The lowest BCUT2D eigenvalue weighted by Gasteiger charge is -2.48. The number of halogens is 3. The number of hydrogen-bond donors (Lipinski definition) is 7. The van der Waals surface area contributed by atoms with Crippen molar-refractivity contribution < 1.29 is 77.1 Å². The number of amides is 1. The molecule has 0 aromatic heterocycles. The van der Waals surface area contributed by atoms with Crippen LogP contribution in [0.15, 0.2) is 0 Å². The number of hydrogen-bond acceptors (Lipinski definition) is 12. The molecule has 2 aliphatic carbocycles. The number of carbonyl (C=O) groups is 2. The molecule has 0 aromatic rings. The minimum Gasteiger partial charge on any atom is -0.479 e. The maximum Gasteiger partial charge on any atom is 0.417 e. The Kier molecular flexibility index (Phi) is 13.9. The molecule has 14 nitrogen and oxygen atoms in total. The van der Waals surface area contributed by atoms with Crippen molar-refractivity contribution in [2.45, 2.75) is 164 Å². The average Bonchev–Trinajstić information content (AvgIpc) is 3.03. The van der Waals surface area contributed by atoms with Crippen LogP contribution in [0.4, 0.5) is 13.2 Å². The zero-order valence-corrected chi connectivity index (χ0v) is 27.1. The van der Waals surface area contributed by atoms with Crippen LogP contribution in [0.2, 0.25) is 0 Å². The molecule has 8 unspecified atom stereocenters. The molecule has 0 aromatic carbocycles. The van der Waals surface area contributed by atoms with Crippen molar-refractivity contribution in [2.24, 2.45) is 11.8 Å². The lowest BCUT2D eigenvalue weighted by molar-refractivity contribution is -0.372. The van der Waals surface area contributed by atoms with Crippen molar-refractivity contribution >= 4 is 11.9 Å². The zero-order chi connectivity index (χ0) is 35.3. The van der Waals surface area contributed by atoms with Crippen LogP contribution in [0.5, 0.6) is 0 Å². The van der Waals surface area contributed by atoms with Crippen LogP contribution >= 0.6 is 0 Å². The summed E-state index contributed by atoms with van der Waals surface area (Å²) >= 11 is 0. The molecule has 278 valence electrons. The van der Waals surface area contributed by atoms with Gasteiger partial charge in [-0.15, -0.1) is 0 Å². The number of carboxylic acid groups (broad SMARTS) is 1. The van der Waals surface area contributed by atoms with E-state index >= 15 is 0 Å². The Morgan fingerprint density at radius 3 is 2.15 bits per heavy atom. The van der Waals surface area contributed by atoms with Crippen molar-refractivity contribution in [3.05, 3.63) is 0 Å². The molecule has 0 spiro atoms. The monoisotopic (exact) mass is 701 g/mol. The van der Waals surface area contributed by atoms with Crippen LogP contribution in [-0.2, 0) is 33.3 Å². The lowest BCUT2D eigenvalue weighted by Crippen LogP contribution is -2.67. The lowest BCUT2D eigenvalue weighted by atomic mass is 9.82. The Morgan fingerprint density at radius 2 is 1.56 bits per heavy atom. The van der Waals surface area contributed by atoms with E-state index in [0.29, 0.717) is 19.3 Å². The second-order valence-electron chi connectivity index (χ2n) is 13.4. The van der Waals surface area contributed by atoms with Gasteiger partial charge in [0.05, 0.1) is 18.8 Å². The first-order valence-corrected chi connectivity index (χ1v) is 16.8. The quantitative estimate of drug-likeness (QED) is 0.150. The maximum absolute atomic E-state index is 13.6. The molecule has 4 rings (SSSR count). The topological polar surface area (TPSA) is 214 Å². The Balaban J connectivity index is 1.59. The Morgan fingerprint density at radius 1 is 0.875 bits per heavy atom. The van der Waals surface area contributed by atoms with Crippen LogP contribution in [0.25, 0.3) is 0 Å². The predicted octanol–water partition coefficient (Wildman–Crippen LogP) is 0.728. The number of nitrogens with one attached hydrogen (secondary N) is 1. The summed E-state index contributed by atoms with van der Waals surface area (Å²) in [5, 5.41) is 64.6. The molecule has 2 saturated carbocycles. The summed E-state index contributed by atoms with van der Waals surface area (Å²) in [4.78, 5) is 24.7. The number of carboxylic acids is 1. The number of alkyl halides is 3. The van der Waals surface area contributed by atoms with Crippen molar-refractivity contribution in [1.82, 2.24) is 5.32 Å². The largest absolute Gasteiger partial charge is 0.479 e. The molecular weight excluding hydrogens is 651 g/mol. The van der Waals surface area contributed by atoms with E-state index in [1.54, 1.807) is 0 Å². The summed E-state index contributed by atoms with van der Waals surface area (Å²) in [5.74, 6) is -2.11. The van der Waals surface area contributed by atoms with Crippen LogP contribution in [0.3, 0.4) is 0 Å². The number of aliphatic hydroxyl groups is 5. The van der Waals surface area contributed by atoms with Gasteiger partial charge >= 0.3 is 12.1 Å². The van der Waals surface area contributed by atoms with Gasteiger partial charge in [-0.1, -0.05) is 51.9 Å². The highest BCUT2D eigenvalue weighted by molar-refractivity contribution is 5.73. The van der Waals surface area contributed by atoms with E-state index in [1.807, 2.05) is 6.92 Å². The number of aliphatic carboxylic acids is 1. The predicted molar refractivity (Wildman–Crippen MR) is 157 cm³/mol. The third-order valence-electron chi connectivity index (χ3n) is 10.0. The number of aliphatic hydroxyl groups excluding tert-OH is 5. The summed E-state index contributed by atoms with van der Waals surface area (Å²) in [5.41, 5.74) is 0. The van der Waals surface area contributed by atoms with Crippen molar-refractivity contribution in [1.29, 1.82) is 0 Å². The summed E-state index contributed by atoms with van der Waals surface area (Å²) < 4.78 is 70.0. The van der Waals surface area contributed by atoms with Gasteiger partial charge in [-0.05, 0) is 31.1 Å². The number of ether oxygens (including phenoxy) is 5. The molecule has 4 aliphatic rings. The third kappa shape index (κ3) is 9.35. The van der Waals surface area contributed by atoms with Gasteiger partial charge in [0.15, 0.2) is 24.8 Å². The molecule has 1 amide bonds. The first-order valence-electron chi connectivity index (χ1n) is 16.8. The van der Waals surface area contributed by atoms with Gasteiger partial charge in [0.2, 0.25) is 5.91 Å². The minimum atomic E-state index is -5.09. The Hall–Kier alpha value is -1.67. The number of rotatable bonds is 12. The molecule has 2 saturated heterocycles. The van der Waals surface area contributed by atoms with Crippen LogP contribution in [0.1, 0.15) is 78.1 Å². The van der Waals surface area contributed by atoms with E-state index in [2.05, 4.69) is 5.32 Å². The first kappa shape index (κ1) is 39.1. The molecule has 17 heteroatoms. The van der Waals surface area contributed by atoms with E-state index in [0.717, 1.165) is 32.1 Å². The van der Waals surface area contributed by atoms with Crippen LogP contribution in [-0.4, -0.2) is 135 Å². The molecule has 4 fully saturated rings. The highest BCUT2D eigenvalue weighted by atomic mass is 19.4. The van der Waals surface area contributed by atoms with Gasteiger partial charge in [0.1, 0.15) is 42.7 Å². The Labute approximate surface area is 276 Å². The van der Waals surface area contributed by atoms with E-state index in [-0.39, 0.29) is 24.7 Å². The summed E-state index contributed by atoms with van der Waals surface area (Å²) in [6.45, 7) is 2.28. The highest BCUT2D eigenvalue weighted by Gasteiger charge is 2.57. The summed E-state index contributed by atoms with van der Waals surface area (Å²) in [6, 6.07) is -1.29. The third-order valence-corrected chi connectivity index (χ3v) is 10.0. The Bertz CT molecular complexity index is 1050. The zero-order valence-electron chi connectivity index (χ0n) is 27.1. The van der Waals surface area contributed by atoms with Gasteiger partial charge in [-0.2, -0.15) is 13.2 Å². The fourth-order valence-corrected chi connectivity index (χ4v) is 7.42. The molecule has 0 radical (unpaired) electrons. The molecule has 7 N–H and O–H groups in total. The van der Waals surface area contributed by atoms with Crippen molar-refractivity contribution in [2.75, 3.05) is 6.61 Å². The van der Waals surface area contributed by atoms with Crippen molar-refractivity contribution in [3.8, 4) is 0 Å². The van der Waals surface area contributed by atoms with Crippen molar-refractivity contribution in [3.63, 3.8) is 0 Å². The molecule has 14 atom stereocenters. The van der Waals surface area contributed by atoms with Gasteiger partial charge in [0, 0.05) is 6.92 Å². The highest BCUT2D eigenvalue weighted by Crippen LogP contribution is 2.39. The standard InChI is InChI=1S/C31H50F3NO13/c1-3-16-10-7-11-17(25(16)47-30-24(41)22(39)23(40)27(48-30)31(32,33)34)45-29-20(35-14(2)37)26(21(38)19(13-36)46-29)44-18(28(42)43)12-15-8-5-4-6-9-15/h15-27,29-30,36,38-41H,3-13H2,1-2H3,(H,35,37)(H,42,43)/t16?,17-,18+,19?,20?,21+,22?,23?,24+,25?,26?,27-,29-,30?/m1/s1. The molecule has 48 heavy (non-hydrogen) atoms. The molecule has 2 aliphatic heterocycles. The first-order chi connectivity index (χ1) is 22.7. The summed E-state index contributed by atoms with van der Waals surface area (Å²) in [6.07, 6.45) is -19.2. The number of carbonyl (C=O) groups excluding carboxylic acids is 1. The smallest absolute Gasteiger partial charge is 0.417 e. The van der Waals surface area contributed by atoms with Gasteiger partial charge in [-0.25, -0.2) is 4.79 Å².